The number of furan rings is 1. The van der Waals surface area contributed by atoms with Gasteiger partial charge >= 0.3 is 0 Å². The lowest BCUT2D eigenvalue weighted by Gasteiger charge is -2.26. The van der Waals surface area contributed by atoms with Crippen LogP contribution in [-0.2, 0) is 0 Å². The van der Waals surface area contributed by atoms with E-state index in [1.165, 1.54) is 38.2 Å². The Morgan fingerprint density at radius 3 is 1.85 bits per heavy atom. The number of benzene rings is 9. The second-order valence-electron chi connectivity index (χ2n) is 13.9. The Labute approximate surface area is 317 Å². The third kappa shape index (κ3) is 5.26. The Balaban J connectivity index is 1.09. The zero-order valence-corrected chi connectivity index (χ0v) is 29.7. The van der Waals surface area contributed by atoms with Gasteiger partial charge in [0.25, 0.3) is 0 Å². The van der Waals surface area contributed by atoms with E-state index in [9.17, 15) is 0 Å². The zero-order valence-electron chi connectivity index (χ0n) is 29.7. The van der Waals surface area contributed by atoms with E-state index in [1.54, 1.807) is 0 Å². The van der Waals surface area contributed by atoms with Gasteiger partial charge in [-0.25, -0.2) is 4.98 Å². The summed E-state index contributed by atoms with van der Waals surface area (Å²) in [5.41, 5.74) is 11.8. The van der Waals surface area contributed by atoms with Crippen molar-refractivity contribution in [1.82, 2.24) is 4.98 Å². The number of hydrogen-bond acceptors (Lipinski definition) is 4. The Bertz CT molecular complexity index is 3200. The second kappa shape index (κ2) is 12.6. The summed E-state index contributed by atoms with van der Waals surface area (Å²) in [5, 5.41) is 6.89. The van der Waals surface area contributed by atoms with Crippen LogP contribution in [0.5, 0.6) is 0 Å². The standard InChI is InChI=1S/C51H32N2O2/c1-3-12-33(13-4-1)36-17-11-18-39(30-36)53(38-24-22-34(23-25-38)44-31-37-16-7-8-19-41(37)42-20-9-10-21-43(42)44)40-26-28-47-45(32-40)49-48(54-47)29-27-46-50(49)55-51(52-46)35-14-5-2-6-15-35/h1-32H. The smallest absolute Gasteiger partial charge is 0.227 e. The Morgan fingerprint density at radius 2 is 1.04 bits per heavy atom. The van der Waals surface area contributed by atoms with E-state index in [-0.39, 0.29) is 0 Å². The highest BCUT2D eigenvalue weighted by atomic mass is 16.4. The lowest BCUT2D eigenvalue weighted by molar-refractivity contribution is 0.622. The van der Waals surface area contributed by atoms with Crippen LogP contribution in [0.1, 0.15) is 0 Å². The molecule has 0 saturated heterocycles. The van der Waals surface area contributed by atoms with Gasteiger partial charge < -0.3 is 13.7 Å². The molecule has 55 heavy (non-hydrogen) atoms. The highest BCUT2D eigenvalue weighted by Gasteiger charge is 2.20. The normalized spacial score (nSPS) is 11.6. The number of anilines is 3. The maximum Gasteiger partial charge on any atom is 0.227 e. The van der Waals surface area contributed by atoms with Gasteiger partial charge in [-0.15, -0.1) is 0 Å². The molecule has 2 heterocycles. The maximum atomic E-state index is 6.50. The number of hydrogen-bond donors (Lipinski definition) is 0. The van der Waals surface area contributed by atoms with E-state index >= 15 is 0 Å². The Morgan fingerprint density at radius 1 is 0.382 bits per heavy atom. The average Bonchev–Trinajstić information content (AvgIpc) is 3.86. The zero-order chi connectivity index (χ0) is 36.3. The summed E-state index contributed by atoms with van der Waals surface area (Å²) in [5.74, 6) is 0.590. The quantitative estimate of drug-likeness (QED) is 0.162. The fraction of sp³-hybridized carbons (Fsp3) is 0. The monoisotopic (exact) mass is 704 g/mol. The van der Waals surface area contributed by atoms with E-state index in [2.05, 4.69) is 157 Å². The molecular formula is C51H32N2O2. The number of oxazole rings is 1. The summed E-state index contributed by atoms with van der Waals surface area (Å²) >= 11 is 0. The highest BCUT2D eigenvalue weighted by molar-refractivity contribution is 6.17. The first-order chi connectivity index (χ1) is 27.2. The largest absolute Gasteiger partial charge is 0.456 e. The van der Waals surface area contributed by atoms with Crippen LogP contribution in [0.25, 0.3) is 88.3 Å². The van der Waals surface area contributed by atoms with E-state index in [0.29, 0.717) is 5.89 Å². The molecule has 0 radical (unpaired) electrons. The molecule has 258 valence electrons. The van der Waals surface area contributed by atoms with Crippen LogP contribution in [0.3, 0.4) is 0 Å². The fourth-order valence-electron chi connectivity index (χ4n) is 8.06. The van der Waals surface area contributed by atoms with Crippen molar-refractivity contribution in [1.29, 1.82) is 0 Å². The van der Waals surface area contributed by atoms with Crippen molar-refractivity contribution in [3.05, 3.63) is 194 Å². The van der Waals surface area contributed by atoms with Crippen molar-refractivity contribution >= 4 is 71.6 Å². The SMILES string of the molecule is c1ccc(-c2cccc(N(c3ccc(-c4cc5ccccc5c5ccccc45)cc3)c3ccc4oc5ccc6nc(-c7ccccc7)oc6c5c4c3)c2)cc1. The molecule has 0 aliphatic rings. The van der Waals surface area contributed by atoms with Crippen LogP contribution < -0.4 is 4.90 Å². The van der Waals surface area contributed by atoms with Gasteiger partial charge in [0.15, 0.2) is 5.58 Å². The van der Waals surface area contributed by atoms with Crippen LogP contribution in [0.2, 0.25) is 0 Å². The maximum absolute atomic E-state index is 6.50. The van der Waals surface area contributed by atoms with Gasteiger partial charge in [-0.2, -0.15) is 0 Å². The minimum atomic E-state index is 0.590. The van der Waals surface area contributed by atoms with Crippen LogP contribution >= 0.6 is 0 Å². The lowest BCUT2D eigenvalue weighted by Crippen LogP contribution is -2.10. The topological polar surface area (TPSA) is 42.4 Å². The fourth-order valence-corrected chi connectivity index (χ4v) is 8.06. The van der Waals surface area contributed by atoms with E-state index < -0.39 is 0 Å². The minimum Gasteiger partial charge on any atom is -0.456 e. The molecule has 0 fully saturated rings. The molecule has 2 aromatic heterocycles. The molecule has 0 N–H and O–H groups in total. The molecule has 11 aromatic rings. The first kappa shape index (κ1) is 31.1. The summed E-state index contributed by atoms with van der Waals surface area (Å²) in [6.45, 7) is 0. The van der Waals surface area contributed by atoms with Gasteiger partial charge in [0, 0.05) is 28.0 Å². The molecule has 9 aromatic carbocycles. The Hall–Kier alpha value is -7.43. The molecule has 0 aliphatic carbocycles. The first-order valence-electron chi connectivity index (χ1n) is 18.5. The molecule has 0 spiro atoms. The summed E-state index contributed by atoms with van der Waals surface area (Å²) < 4.78 is 12.9. The molecule has 0 bridgehead atoms. The van der Waals surface area contributed by atoms with Crippen molar-refractivity contribution in [3.8, 4) is 33.7 Å². The first-order valence-corrected chi connectivity index (χ1v) is 18.5. The second-order valence-corrected chi connectivity index (χ2v) is 13.9. The number of fused-ring (bicyclic) bond motifs is 8. The van der Waals surface area contributed by atoms with Crippen LogP contribution in [0.4, 0.5) is 17.1 Å². The third-order valence-corrected chi connectivity index (χ3v) is 10.7. The third-order valence-electron chi connectivity index (χ3n) is 10.7. The molecule has 11 rings (SSSR count). The molecule has 0 unspecified atom stereocenters. The minimum absolute atomic E-state index is 0.590. The summed E-state index contributed by atoms with van der Waals surface area (Å²) in [4.78, 5) is 7.18. The van der Waals surface area contributed by atoms with E-state index in [4.69, 9.17) is 13.8 Å². The van der Waals surface area contributed by atoms with Crippen molar-refractivity contribution in [3.63, 3.8) is 0 Å². The van der Waals surface area contributed by atoms with E-state index in [1.807, 2.05) is 42.5 Å². The van der Waals surface area contributed by atoms with Crippen molar-refractivity contribution in [2.75, 3.05) is 4.90 Å². The molecule has 0 amide bonds. The van der Waals surface area contributed by atoms with Gasteiger partial charge in [0.2, 0.25) is 5.89 Å². The number of nitrogens with zero attached hydrogens (tertiary/aromatic N) is 2. The van der Waals surface area contributed by atoms with Crippen molar-refractivity contribution in [2.45, 2.75) is 0 Å². The van der Waals surface area contributed by atoms with Gasteiger partial charge in [-0.05, 0) is 117 Å². The number of rotatable bonds is 6. The van der Waals surface area contributed by atoms with Crippen LogP contribution in [0.15, 0.2) is 203 Å². The van der Waals surface area contributed by atoms with Gasteiger partial charge in [-0.3, -0.25) is 0 Å². The molecule has 4 heteroatoms. The summed E-state index contributed by atoms with van der Waals surface area (Å²) in [6.07, 6.45) is 0. The van der Waals surface area contributed by atoms with Crippen LogP contribution in [-0.4, -0.2) is 4.98 Å². The molecule has 0 saturated carbocycles. The van der Waals surface area contributed by atoms with Gasteiger partial charge in [0.1, 0.15) is 16.7 Å². The average molecular weight is 705 g/mol. The van der Waals surface area contributed by atoms with Gasteiger partial charge in [-0.1, -0.05) is 121 Å². The predicted molar refractivity (Wildman–Crippen MR) is 227 cm³/mol. The molecule has 0 aliphatic heterocycles. The Kier molecular flexibility index (Phi) is 7.14. The molecule has 0 atom stereocenters. The number of aromatic nitrogens is 1. The highest BCUT2D eigenvalue weighted by Crippen LogP contribution is 2.43. The van der Waals surface area contributed by atoms with Crippen molar-refractivity contribution in [2.24, 2.45) is 0 Å². The molecule has 4 nitrogen and oxygen atoms in total. The lowest BCUT2D eigenvalue weighted by atomic mass is 9.93. The van der Waals surface area contributed by atoms with Gasteiger partial charge in [0.05, 0.1) is 5.39 Å². The summed E-state index contributed by atoms with van der Waals surface area (Å²) in [7, 11) is 0. The van der Waals surface area contributed by atoms with Crippen LogP contribution in [0, 0.1) is 0 Å². The predicted octanol–water partition coefficient (Wildman–Crippen LogP) is 14.5. The summed E-state index contributed by atoms with van der Waals surface area (Å²) in [6, 6.07) is 68.3. The van der Waals surface area contributed by atoms with E-state index in [0.717, 1.165) is 61.2 Å². The molecular weight excluding hydrogens is 673 g/mol. The van der Waals surface area contributed by atoms with Crippen molar-refractivity contribution < 1.29 is 8.83 Å².